The summed E-state index contributed by atoms with van der Waals surface area (Å²) >= 11 is 0. The molecule has 0 bridgehead atoms. The number of benzene rings is 2. The number of terminal acetylenes is 1. The zero-order valence-corrected chi connectivity index (χ0v) is 14.3. The molecule has 0 atom stereocenters. The first-order chi connectivity index (χ1) is 9.31. The van der Waals surface area contributed by atoms with Crippen molar-refractivity contribution in [3.05, 3.63) is 65.0 Å². The van der Waals surface area contributed by atoms with E-state index in [0.29, 0.717) is 0 Å². The SMILES string of the molecule is C#CNC(=O)C1c2ccccc2[N-]c2ccccc21.[Np]. The Morgan fingerprint density at radius 1 is 1.05 bits per heavy atom. The average Bonchev–Trinajstić information content (AvgIpc) is 2.44. The van der Waals surface area contributed by atoms with Crippen LogP contribution in [0.4, 0.5) is 11.4 Å². The number of amides is 1. The summed E-state index contributed by atoms with van der Waals surface area (Å²) in [6.07, 6.45) is 5.17. The van der Waals surface area contributed by atoms with Crippen LogP contribution < -0.4 is 5.32 Å². The summed E-state index contributed by atoms with van der Waals surface area (Å²) in [5.41, 5.74) is 3.40. The Balaban J connectivity index is 0.00000147. The molecule has 4 heteroatoms. The second kappa shape index (κ2) is 6.16. The van der Waals surface area contributed by atoms with Gasteiger partial charge in [-0.1, -0.05) is 55.0 Å². The molecule has 0 saturated carbocycles. The van der Waals surface area contributed by atoms with Crippen molar-refractivity contribution in [3.8, 4) is 12.5 Å². The van der Waals surface area contributed by atoms with Gasteiger partial charge in [-0.2, -0.15) is 0 Å². The summed E-state index contributed by atoms with van der Waals surface area (Å²) in [5.74, 6) is -0.599. The summed E-state index contributed by atoms with van der Waals surface area (Å²) < 4.78 is 0. The fourth-order valence-electron chi connectivity index (χ4n) is 2.39. The minimum Gasteiger partial charge on any atom is -0.657 e. The summed E-state index contributed by atoms with van der Waals surface area (Å²) in [5, 5.41) is 7.01. The number of carbonyl (C=O) groups excluding carboxylic acids is 1. The van der Waals surface area contributed by atoms with E-state index in [1.165, 1.54) is 0 Å². The van der Waals surface area contributed by atoms with E-state index in [-0.39, 0.29) is 35.8 Å². The van der Waals surface area contributed by atoms with Crippen molar-refractivity contribution in [2.75, 3.05) is 0 Å². The maximum absolute atomic E-state index is 12.2. The molecule has 1 amide bonds. The third-order valence-corrected chi connectivity index (χ3v) is 3.19. The first-order valence-electron chi connectivity index (χ1n) is 5.96. The van der Waals surface area contributed by atoms with Crippen LogP contribution in [0.1, 0.15) is 17.0 Å². The maximum atomic E-state index is 12.2. The van der Waals surface area contributed by atoms with Gasteiger partial charge in [0.05, 0.1) is 5.92 Å². The van der Waals surface area contributed by atoms with E-state index in [4.69, 9.17) is 6.42 Å². The van der Waals surface area contributed by atoms with E-state index in [0.717, 1.165) is 22.5 Å². The standard InChI is InChI=1S/C16H11N2O.Np/c1-2-17-16(19)15-11-7-3-5-9-13(11)18-14-10-6-4-8-12(14)15;/h1,3-10,15H,(H,17,19);/q-1;. The van der Waals surface area contributed by atoms with Gasteiger partial charge in [-0.15, -0.1) is 11.4 Å². The van der Waals surface area contributed by atoms with Gasteiger partial charge < -0.3 is 5.32 Å². The van der Waals surface area contributed by atoms with Gasteiger partial charge in [0.15, 0.2) is 0 Å². The van der Waals surface area contributed by atoms with Crippen LogP contribution in [0.3, 0.4) is 0 Å². The summed E-state index contributed by atoms with van der Waals surface area (Å²) in [6.45, 7) is 0. The predicted molar refractivity (Wildman–Crippen MR) is 74.4 cm³/mol. The summed E-state index contributed by atoms with van der Waals surface area (Å²) in [7, 11) is 0. The number of para-hydroxylation sites is 2. The molecule has 1 aliphatic rings. The van der Waals surface area contributed by atoms with Crippen LogP contribution in [0, 0.1) is 42.4 Å². The van der Waals surface area contributed by atoms with Crippen molar-refractivity contribution >= 4 is 17.3 Å². The van der Waals surface area contributed by atoms with Gasteiger partial charge in [-0.25, -0.2) is 0 Å². The molecule has 3 rings (SSSR count). The molecule has 1 aliphatic heterocycles. The van der Waals surface area contributed by atoms with Crippen LogP contribution in [0.25, 0.3) is 5.32 Å². The molecular weight excluding hydrogens is 473 g/mol. The Kier molecular flexibility index (Phi) is 4.52. The molecule has 2 aromatic rings. The number of nitrogens with zero attached hydrogens (tertiary/aromatic N) is 1. The van der Waals surface area contributed by atoms with Crippen LogP contribution in [0.15, 0.2) is 48.5 Å². The van der Waals surface area contributed by atoms with E-state index in [2.05, 4.69) is 16.7 Å². The van der Waals surface area contributed by atoms with Crippen molar-refractivity contribution in [2.24, 2.45) is 0 Å². The molecule has 0 fully saturated rings. The van der Waals surface area contributed by atoms with Crippen LogP contribution in [0.2, 0.25) is 0 Å². The van der Waals surface area contributed by atoms with E-state index in [1.807, 2.05) is 48.5 Å². The number of hydrogen-bond donors (Lipinski definition) is 1. The predicted octanol–water partition coefficient (Wildman–Crippen LogP) is 3.18. The number of nitrogens with one attached hydrogen (secondary N) is 1. The Morgan fingerprint density at radius 2 is 1.55 bits per heavy atom. The largest absolute Gasteiger partial charge is 0.657 e. The van der Waals surface area contributed by atoms with Gasteiger partial charge >= 0.3 is 0 Å². The van der Waals surface area contributed by atoms with Crippen LogP contribution >= 0.6 is 0 Å². The van der Waals surface area contributed by atoms with E-state index >= 15 is 0 Å². The number of fused-ring (bicyclic) bond motifs is 2. The number of rotatable bonds is 1. The number of hydrogen-bond acceptors (Lipinski definition) is 1. The molecule has 0 aliphatic carbocycles. The Labute approximate surface area is 140 Å². The third kappa shape index (κ3) is 2.46. The Hall–Kier alpha value is -1.72. The second-order valence-corrected chi connectivity index (χ2v) is 4.30. The van der Waals surface area contributed by atoms with Gasteiger partial charge in [0, 0.05) is 36.0 Å². The molecule has 2 aromatic carbocycles. The molecule has 3 nitrogen and oxygen atoms in total. The van der Waals surface area contributed by atoms with Crippen molar-refractivity contribution in [3.63, 3.8) is 0 Å². The monoisotopic (exact) mass is 483 g/mol. The van der Waals surface area contributed by atoms with Crippen LogP contribution in [0.5, 0.6) is 0 Å². The minimum atomic E-state index is -0.402. The molecule has 0 unspecified atom stereocenters. The Morgan fingerprint density at radius 3 is 2.05 bits per heavy atom. The van der Waals surface area contributed by atoms with Crippen molar-refractivity contribution in [1.82, 2.24) is 5.32 Å². The van der Waals surface area contributed by atoms with Gasteiger partial charge in [-0.05, 0) is 11.1 Å². The normalized spacial score (nSPS) is 11.9. The van der Waals surface area contributed by atoms with E-state index in [9.17, 15) is 4.79 Å². The van der Waals surface area contributed by atoms with Crippen molar-refractivity contribution in [1.29, 1.82) is 0 Å². The minimum absolute atomic E-state index is 0. The molecule has 20 heavy (non-hydrogen) atoms. The van der Waals surface area contributed by atoms with E-state index < -0.39 is 5.92 Å². The van der Waals surface area contributed by atoms with Gasteiger partial charge in [-0.3, -0.25) is 10.1 Å². The maximum Gasteiger partial charge on any atom is 0.243 e. The van der Waals surface area contributed by atoms with Crippen molar-refractivity contribution < 1.29 is 34.7 Å². The van der Waals surface area contributed by atoms with Crippen LogP contribution in [-0.2, 0) is 4.79 Å². The smallest absolute Gasteiger partial charge is 0.243 e. The quantitative estimate of drug-likeness (QED) is 0.491. The molecule has 1 heterocycles. The molecule has 0 aromatic heterocycles. The molecule has 0 spiro atoms. The third-order valence-electron chi connectivity index (χ3n) is 3.19. The summed E-state index contributed by atoms with van der Waals surface area (Å²) in [4.78, 5) is 12.2. The zero-order chi connectivity index (χ0) is 13.2. The molecular formula is C16H11N2NpO-. The Bertz CT molecular complexity index is 645. The fraction of sp³-hybridized carbons (Fsp3) is 0.0625. The first kappa shape index (κ1) is 14.7. The molecule has 1 radical (unpaired) electrons. The van der Waals surface area contributed by atoms with Crippen LogP contribution in [-0.4, -0.2) is 5.91 Å². The molecule has 97 valence electrons. The van der Waals surface area contributed by atoms with Gasteiger partial charge in [0.2, 0.25) is 5.91 Å². The van der Waals surface area contributed by atoms with E-state index in [1.54, 1.807) is 0 Å². The molecule has 1 N–H and O–H groups in total. The van der Waals surface area contributed by atoms with Crippen molar-refractivity contribution in [2.45, 2.75) is 5.92 Å². The summed E-state index contributed by atoms with van der Waals surface area (Å²) in [6, 6.07) is 17.4. The topological polar surface area (TPSA) is 43.2 Å². The fourth-order valence-corrected chi connectivity index (χ4v) is 2.39. The second-order valence-electron chi connectivity index (χ2n) is 4.30. The molecule has 0 saturated heterocycles. The average molecular weight is 484 g/mol. The zero-order valence-electron chi connectivity index (χ0n) is 10.6. The number of carbonyl (C=O) groups is 1. The van der Waals surface area contributed by atoms with Gasteiger partial charge in [0.1, 0.15) is 0 Å². The first-order valence-corrected chi connectivity index (χ1v) is 5.96. The van der Waals surface area contributed by atoms with Gasteiger partial charge in [0.25, 0.3) is 0 Å².